The summed E-state index contributed by atoms with van der Waals surface area (Å²) < 4.78 is 0. The highest BCUT2D eigenvalue weighted by molar-refractivity contribution is 5.35. The minimum atomic E-state index is 0.160. The number of hydrogen-bond acceptors (Lipinski definition) is 2. The molecule has 0 heterocycles. The molecule has 84 valence electrons. The zero-order chi connectivity index (χ0) is 11.4. The van der Waals surface area contributed by atoms with Gasteiger partial charge in [-0.05, 0) is 57.6 Å². The number of benzene rings is 1. The SMILES string of the molecule is Cc1cccc(C(N)CCN(C)C)c1C. The van der Waals surface area contributed by atoms with Gasteiger partial charge in [-0.15, -0.1) is 0 Å². The monoisotopic (exact) mass is 206 g/mol. The average molecular weight is 206 g/mol. The van der Waals surface area contributed by atoms with E-state index in [2.05, 4.69) is 51.0 Å². The van der Waals surface area contributed by atoms with E-state index >= 15 is 0 Å². The molecule has 0 fully saturated rings. The molecule has 0 saturated heterocycles. The molecule has 1 aromatic rings. The maximum absolute atomic E-state index is 6.19. The average Bonchev–Trinajstić information content (AvgIpc) is 2.18. The standard InChI is InChI=1S/C13H22N2/c1-10-6-5-7-12(11(10)2)13(14)8-9-15(3)4/h5-7,13H,8-9,14H2,1-4H3. The molecule has 0 aliphatic rings. The molecule has 0 bridgehead atoms. The number of nitrogens with two attached hydrogens (primary N) is 1. The van der Waals surface area contributed by atoms with Crippen LogP contribution in [0.15, 0.2) is 18.2 Å². The van der Waals surface area contributed by atoms with Crippen molar-refractivity contribution in [2.45, 2.75) is 26.3 Å². The van der Waals surface area contributed by atoms with Crippen LogP contribution in [0.1, 0.15) is 29.2 Å². The molecular formula is C13H22N2. The maximum atomic E-state index is 6.19. The van der Waals surface area contributed by atoms with Gasteiger partial charge in [0.05, 0.1) is 0 Å². The first-order valence-electron chi connectivity index (χ1n) is 5.48. The van der Waals surface area contributed by atoms with Gasteiger partial charge in [0.15, 0.2) is 0 Å². The summed E-state index contributed by atoms with van der Waals surface area (Å²) >= 11 is 0. The second kappa shape index (κ2) is 5.29. The highest BCUT2D eigenvalue weighted by Crippen LogP contribution is 2.20. The molecule has 2 heteroatoms. The van der Waals surface area contributed by atoms with E-state index in [0.29, 0.717) is 0 Å². The Morgan fingerprint density at radius 3 is 2.53 bits per heavy atom. The molecular weight excluding hydrogens is 184 g/mol. The first kappa shape index (κ1) is 12.2. The van der Waals surface area contributed by atoms with Crippen molar-refractivity contribution in [1.29, 1.82) is 0 Å². The molecule has 0 aliphatic heterocycles. The van der Waals surface area contributed by atoms with E-state index in [9.17, 15) is 0 Å². The quantitative estimate of drug-likeness (QED) is 0.818. The molecule has 1 unspecified atom stereocenters. The van der Waals surface area contributed by atoms with Crippen molar-refractivity contribution in [2.75, 3.05) is 20.6 Å². The lowest BCUT2D eigenvalue weighted by Gasteiger charge is -2.18. The highest BCUT2D eigenvalue weighted by atomic mass is 15.0. The van der Waals surface area contributed by atoms with Crippen LogP contribution in [-0.2, 0) is 0 Å². The Morgan fingerprint density at radius 2 is 1.93 bits per heavy atom. The highest BCUT2D eigenvalue weighted by Gasteiger charge is 2.09. The van der Waals surface area contributed by atoms with Crippen molar-refractivity contribution < 1.29 is 0 Å². The van der Waals surface area contributed by atoms with Crippen LogP contribution in [0.25, 0.3) is 0 Å². The van der Waals surface area contributed by atoms with Gasteiger partial charge in [0, 0.05) is 6.04 Å². The number of nitrogens with zero attached hydrogens (tertiary/aromatic N) is 1. The summed E-state index contributed by atoms with van der Waals surface area (Å²) in [6.07, 6.45) is 1.01. The second-order valence-corrected chi connectivity index (χ2v) is 4.49. The van der Waals surface area contributed by atoms with Crippen LogP contribution in [0.4, 0.5) is 0 Å². The van der Waals surface area contributed by atoms with Crippen LogP contribution in [0, 0.1) is 13.8 Å². The van der Waals surface area contributed by atoms with Gasteiger partial charge in [0.2, 0.25) is 0 Å². The second-order valence-electron chi connectivity index (χ2n) is 4.49. The van der Waals surface area contributed by atoms with Crippen LogP contribution < -0.4 is 5.73 Å². The molecule has 1 atom stereocenters. The van der Waals surface area contributed by atoms with Crippen molar-refractivity contribution in [3.63, 3.8) is 0 Å². The fraction of sp³-hybridized carbons (Fsp3) is 0.538. The fourth-order valence-electron chi connectivity index (χ4n) is 1.73. The third kappa shape index (κ3) is 3.33. The van der Waals surface area contributed by atoms with Crippen molar-refractivity contribution in [2.24, 2.45) is 5.73 Å². The fourth-order valence-corrected chi connectivity index (χ4v) is 1.73. The van der Waals surface area contributed by atoms with Crippen LogP contribution in [0.5, 0.6) is 0 Å². The van der Waals surface area contributed by atoms with Gasteiger partial charge in [-0.25, -0.2) is 0 Å². The summed E-state index contributed by atoms with van der Waals surface area (Å²) in [6, 6.07) is 6.53. The van der Waals surface area contributed by atoms with Gasteiger partial charge in [-0.2, -0.15) is 0 Å². The van der Waals surface area contributed by atoms with E-state index in [1.165, 1.54) is 16.7 Å². The molecule has 0 amide bonds. The molecule has 0 saturated carbocycles. The van der Waals surface area contributed by atoms with Crippen LogP contribution >= 0.6 is 0 Å². The summed E-state index contributed by atoms with van der Waals surface area (Å²) in [5.74, 6) is 0. The smallest absolute Gasteiger partial charge is 0.0309 e. The van der Waals surface area contributed by atoms with Crippen LogP contribution in [0.3, 0.4) is 0 Å². The van der Waals surface area contributed by atoms with E-state index < -0.39 is 0 Å². The summed E-state index contributed by atoms with van der Waals surface area (Å²) in [6.45, 7) is 5.33. The van der Waals surface area contributed by atoms with E-state index in [-0.39, 0.29) is 6.04 Å². The lowest BCUT2D eigenvalue weighted by atomic mass is 9.96. The van der Waals surface area contributed by atoms with Gasteiger partial charge < -0.3 is 10.6 Å². The molecule has 15 heavy (non-hydrogen) atoms. The van der Waals surface area contributed by atoms with E-state index in [0.717, 1.165) is 13.0 Å². The summed E-state index contributed by atoms with van der Waals surface area (Å²) in [4.78, 5) is 2.17. The summed E-state index contributed by atoms with van der Waals surface area (Å²) in [7, 11) is 4.16. The summed E-state index contributed by atoms with van der Waals surface area (Å²) in [5, 5.41) is 0. The predicted octanol–water partition coefficient (Wildman–Crippen LogP) is 2.25. The largest absolute Gasteiger partial charge is 0.324 e. The van der Waals surface area contributed by atoms with E-state index in [1.54, 1.807) is 0 Å². The number of aryl methyl sites for hydroxylation is 1. The first-order valence-corrected chi connectivity index (χ1v) is 5.48. The van der Waals surface area contributed by atoms with Gasteiger partial charge >= 0.3 is 0 Å². The van der Waals surface area contributed by atoms with Crippen molar-refractivity contribution >= 4 is 0 Å². The van der Waals surface area contributed by atoms with Gasteiger partial charge in [-0.3, -0.25) is 0 Å². The summed E-state index contributed by atoms with van der Waals surface area (Å²) in [5.41, 5.74) is 10.1. The Morgan fingerprint density at radius 1 is 1.27 bits per heavy atom. The Bertz CT molecular complexity index is 318. The Kier molecular flexibility index (Phi) is 4.30. The van der Waals surface area contributed by atoms with Crippen molar-refractivity contribution in [3.05, 3.63) is 34.9 Å². The Balaban J connectivity index is 2.73. The molecule has 1 aromatic carbocycles. The Labute approximate surface area is 93.1 Å². The van der Waals surface area contributed by atoms with Crippen molar-refractivity contribution in [1.82, 2.24) is 4.90 Å². The topological polar surface area (TPSA) is 29.3 Å². The third-order valence-corrected chi connectivity index (χ3v) is 2.93. The minimum absolute atomic E-state index is 0.160. The normalized spacial score (nSPS) is 13.2. The zero-order valence-corrected chi connectivity index (χ0v) is 10.2. The lowest BCUT2D eigenvalue weighted by molar-refractivity contribution is 0.382. The minimum Gasteiger partial charge on any atom is -0.324 e. The van der Waals surface area contributed by atoms with Gasteiger partial charge in [0.1, 0.15) is 0 Å². The molecule has 2 nitrogen and oxygen atoms in total. The van der Waals surface area contributed by atoms with E-state index in [1.807, 2.05) is 0 Å². The number of hydrogen-bond donors (Lipinski definition) is 1. The zero-order valence-electron chi connectivity index (χ0n) is 10.2. The van der Waals surface area contributed by atoms with Crippen LogP contribution in [-0.4, -0.2) is 25.5 Å². The van der Waals surface area contributed by atoms with E-state index in [4.69, 9.17) is 5.73 Å². The van der Waals surface area contributed by atoms with Gasteiger partial charge in [0.25, 0.3) is 0 Å². The maximum Gasteiger partial charge on any atom is 0.0309 e. The third-order valence-electron chi connectivity index (χ3n) is 2.93. The van der Waals surface area contributed by atoms with Crippen LogP contribution in [0.2, 0.25) is 0 Å². The molecule has 0 aromatic heterocycles. The molecule has 0 spiro atoms. The molecule has 0 radical (unpaired) electrons. The molecule has 2 N–H and O–H groups in total. The van der Waals surface area contributed by atoms with Gasteiger partial charge in [-0.1, -0.05) is 18.2 Å². The predicted molar refractivity (Wildman–Crippen MR) is 66.0 cm³/mol. The van der Waals surface area contributed by atoms with Crippen molar-refractivity contribution in [3.8, 4) is 0 Å². The lowest BCUT2D eigenvalue weighted by Crippen LogP contribution is -2.20. The number of rotatable bonds is 4. The Hall–Kier alpha value is -0.860. The molecule has 0 aliphatic carbocycles. The first-order chi connectivity index (χ1) is 7.02. The molecule has 1 rings (SSSR count).